The molecule has 44 heavy (non-hydrogen) atoms. The zero-order chi connectivity index (χ0) is 31.8. The lowest BCUT2D eigenvalue weighted by Gasteiger charge is -2.39. The van der Waals surface area contributed by atoms with Crippen LogP contribution in [0.1, 0.15) is 71.5 Å². The van der Waals surface area contributed by atoms with Crippen molar-refractivity contribution in [2.45, 2.75) is 71.2 Å². The number of nitrogens with zero attached hydrogens (tertiary/aromatic N) is 2. The molecular weight excluding hydrogens is 562 g/mol. The molecule has 2 heterocycles. The van der Waals surface area contributed by atoms with Crippen LogP contribution in [-0.4, -0.2) is 70.2 Å². The fraction of sp³-hybridized carbons (Fsp3) is 0.441. The van der Waals surface area contributed by atoms with Gasteiger partial charge in [0.15, 0.2) is 0 Å². The SMILES string of the molecule is Cc1c(CN(C(=O)OCC2c3ccccc3-c3ccccc32)[C@H]2CCOC[C@H]2NC(=O)OC(C)(C)C)c(C(=O)O)c(C)n1C. The van der Waals surface area contributed by atoms with Crippen molar-refractivity contribution >= 4 is 18.2 Å². The molecule has 2 amide bonds. The molecule has 0 spiro atoms. The standard InChI is InChI=1S/C34H41N3O7/c1-20-26(30(31(38)39)21(2)36(20)6)17-37(29-15-16-42-19-28(29)35-32(40)44-34(3,4)5)33(41)43-18-27-24-13-9-7-11-22(24)23-12-8-10-14-25(23)27/h7-14,27-29H,15-19H2,1-6H3,(H,35,40)(H,38,39)/t28-,29+/m1/s1. The van der Waals surface area contributed by atoms with Crippen LogP contribution in [0.25, 0.3) is 11.1 Å². The first kappa shape index (κ1) is 31.1. The normalized spacial score (nSPS) is 17.9. The van der Waals surface area contributed by atoms with Crippen molar-refractivity contribution < 1.29 is 33.7 Å². The van der Waals surface area contributed by atoms with Crippen molar-refractivity contribution in [3.05, 3.63) is 82.2 Å². The monoisotopic (exact) mass is 603 g/mol. The maximum absolute atomic E-state index is 14.1. The molecule has 2 aliphatic rings. The highest BCUT2D eigenvalue weighted by Crippen LogP contribution is 2.44. The molecule has 1 aliphatic heterocycles. The molecule has 1 aliphatic carbocycles. The molecule has 1 saturated heterocycles. The van der Waals surface area contributed by atoms with Crippen molar-refractivity contribution in [1.82, 2.24) is 14.8 Å². The summed E-state index contributed by atoms with van der Waals surface area (Å²) in [5.74, 6) is -1.21. The van der Waals surface area contributed by atoms with Crippen LogP contribution in [0.15, 0.2) is 48.5 Å². The highest BCUT2D eigenvalue weighted by atomic mass is 16.6. The highest BCUT2D eigenvalue weighted by molar-refractivity contribution is 5.91. The van der Waals surface area contributed by atoms with E-state index in [0.717, 1.165) is 27.9 Å². The van der Waals surface area contributed by atoms with Crippen molar-refractivity contribution in [3.8, 4) is 11.1 Å². The highest BCUT2D eigenvalue weighted by Gasteiger charge is 2.39. The van der Waals surface area contributed by atoms with Gasteiger partial charge in [-0.25, -0.2) is 14.4 Å². The smallest absolute Gasteiger partial charge is 0.410 e. The number of aromatic nitrogens is 1. The first-order chi connectivity index (χ1) is 20.9. The third kappa shape index (κ3) is 6.17. The van der Waals surface area contributed by atoms with E-state index in [-0.39, 0.29) is 31.2 Å². The number of hydrogen-bond donors (Lipinski definition) is 2. The van der Waals surface area contributed by atoms with Gasteiger partial charge in [0.25, 0.3) is 0 Å². The Morgan fingerprint density at radius 1 is 1.02 bits per heavy atom. The van der Waals surface area contributed by atoms with E-state index in [9.17, 15) is 19.5 Å². The molecule has 10 nitrogen and oxygen atoms in total. The molecule has 0 bridgehead atoms. The van der Waals surface area contributed by atoms with Crippen molar-refractivity contribution in [3.63, 3.8) is 0 Å². The van der Waals surface area contributed by atoms with Crippen LogP contribution in [0.4, 0.5) is 9.59 Å². The first-order valence-electron chi connectivity index (χ1n) is 14.9. The van der Waals surface area contributed by atoms with E-state index in [4.69, 9.17) is 14.2 Å². The minimum Gasteiger partial charge on any atom is -0.478 e. The molecule has 2 N–H and O–H groups in total. The van der Waals surface area contributed by atoms with Gasteiger partial charge < -0.3 is 29.2 Å². The van der Waals surface area contributed by atoms with E-state index in [2.05, 4.69) is 29.6 Å². The fourth-order valence-electron chi connectivity index (χ4n) is 6.36. The molecule has 0 saturated carbocycles. The van der Waals surface area contributed by atoms with Crippen molar-refractivity contribution in [2.75, 3.05) is 19.8 Å². The summed E-state index contributed by atoms with van der Waals surface area (Å²) in [5, 5.41) is 13.0. The van der Waals surface area contributed by atoms with Crippen LogP contribution in [0, 0.1) is 13.8 Å². The summed E-state index contributed by atoms with van der Waals surface area (Å²) in [6.45, 7) is 9.54. The van der Waals surface area contributed by atoms with Gasteiger partial charge in [0, 0.05) is 36.5 Å². The zero-order valence-corrected chi connectivity index (χ0v) is 26.2. The number of carboxylic acid groups (broad SMARTS) is 1. The Morgan fingerprint density at radius 2 is 1.64 bits per heavy atom. The van der Waals surface area contributed by atoms with E-state index >= 15 is 0 Å². The van der Waals surface area contributed by atoms with Crippen molar-refractivity contribution in [2.24, 2.45) is 7.05 Å². The van der Waals surface area contributed by atoms with Gasteiger partial charge in [0.1, 0.15) is 12.2 Å². The third-order valence-corrected chi connectivity index (χ3v) is 8.64. The molecule has 0 radical (unpaired) electrons. The average Bonchev–Trinajstić information content (AvgIpc) is 3.40. The molecule has 1 aromatic heterocycles. The number of benzene rings is 2. The molecule has 2 atom stereocenters. The number of aromatic carboxylic acids is 1. The number of ether oxygens (including phenoxy) is 3. The molecule has 234 valence electrons. The van der Waals surface area contributed by atoms with E-state index in [1.54, 1.807) is 39.6 Å². The number of carbonyl (C=O) groups excluding carboxylic acids is 2. The maximum atomic E-state index is 14.1. The Morgan fingerprint density at radius 3 is 2.23 bits per heavy atom. The maximum Gasteiger partial charge on any atom is 0.410 e. The van der Waals surface area contributed by atoms with E-state index < -0.39 is 35.8 Å². The topological polar surface area (TPSA) is 119 Å². The van der Waals surface area contributed by atoms with Crippen LogP contribution in [0.5, 0.6) is 0 Å². The largest absolute Gasteiger partial charge is 0.478 e. The lowest BCUT2D eigenvalue weighted by Crippen LogP contribution is -2.58. The molecule has 5 rings (SSSR count). The second kappa shape index (κ2) is 12.4. The Labute approximate surface area is 257 Å². The lowest BCUT2D eigenvalue weighted by atomic mass is 9.98. The van der Waals surface area contributed by atoms with Gasteiger partial charge in [-0.05, 0) is 63.3 Å². The van der Waals surface area contributed by atoms with Crippen LogP contribution >= 0.6 is 0 Å². The van der Waals surface area contributed by atoms with Gasteiger partial charge >= 0.3 is 18.2 Å². The van der Waals surface area contributed by atoms with Gasteiger partial charge in [-0.2, -0.15) is 0 Å². The summed E-state index contributed by atoms with van der Waals surface area (Å²) in [6.07, 6.45) is -0.798. The van der Waals surface area contributed by atoms with Gasteiger partial charge in [0.2, 0.25) is 0 Å². The Balaban J connectivity index is 1.46. The number of nitrogens with one attached hydrogen (secondary N) is 1. The number of carboxylic acids is 1. The lowest BCUT2D eigenvalue weighted by molar-refractivity contribution is -0.00717. The first-order valence-corrected chi connectivity index (χ1v) is 14.9. The van der Waals surface area contributed by atoms with Gasteiger partial charge in [0.05, 0.1) is 30.8 Å². The predicted octanol–water partition coefficient (Wildman–Crippen LogP) is 5.77. The summed E-state index contributed by atoms with van der Waals surface area (Å²) in [6, 6.07) is 15.1. The molecular formula is C34H41N3O7. The Bertz CT molecular complexity index is 1530. The van der Waals surface area contributed by atoms with E-state index in [1.165, 1.54) is 0 Å². The molecule has 10 heteroatoms. The second-order valence-electron chi connectivity index (χ2n) is 12.5. The Kier molecular flexibility index (Phi) is 8.74. The zero-order valence-electron chi connectivity index (χ0n) is 26.2. The minimum atomic E-state index is -1.07. The Hall–Kier alpha value is -4.31. The van der Waals surface area contributed by atoms with E-state index in [0.29, 0.717) is 24.3 Å². The fourth-order valence-corrected chi connectivity index (χ4v) is 6.36. The van der Waals surface area contributed by atoms with E-state index in [1.807, 2.05) is 35.8 Å². The van der Waals surface area contributed by atoms with Crippen LogP contribution in [0.2, 0.25) is 0 Å². The molecule has 2 aromatic carbocycles. The summed E-state index contributed by atoms with van der Waals surface area (Å²) >= 11 is 0. The van der Waals surface area contributed by atoms with Crippen LogP contribution in [0.3, 0.4) is 0 Å². The number of fused-ring (bicyclic) bond motifs is 3. The number of hydrogen-bond acceptors (Lipinski definition) is 6. The van der Waals surface area contributed by atoms with Gasteiger partial charge in [-0.3, -0.25) is 4.90 Å². The quantitative estimate of drug-likeness (QED) is 0.352. The number of carbonyl (C=O) groups is 3. The number of alkyl carbamates (subject to hydrolysis) is 1. The van der Waals surface area contributed by atoms with Crippen LogP contribution < -0.4 is 5.32 Å². The summed E-state index contributed by atoms with van der Waals surface area (Å²) < 4.78 is 19.1. The number of rotatable bonds is 7. The van der Waals surface area contributed by atoms with Gasteiger partial charge in [-0.15, -0.1) is 0 Å². The molecule has 1 fully saturated rings. The summed E-state index contributed by atoms with van der Waals surface area (Å²) in [7, 11) is 1.81. The third-order valence-electron chi connectivity index (χ3n) is 8.64. The molecule has 3 aromatic rings. The minimum absolute atomic E-state index is 0.0109. The number of amides is 2. The predicted molar refractivity (Wildman–Crippen MR) is 165 cm³/mol. The van der Waals surface area contributed by atoms with Crippen molar-refractivity contribution in [1.29, 1.82) is 0 Å². The second-order valence-corrected chi connectivity index (χ2v) is 12.5. The summed E-state index contributed by atoms with van der Waals surface area (Å²) in [5.41, 5.74) is 5.71. The molecule has 0 unspecified atom stereocenters. The summed E-state index contributed by atoms with van der Waals surface area (Å²) in [4.78, 5) is 40.9. The van der Waals surface area contributed by atoms with Crippen LogP contribution in [-0.2, 0) is 27.8 Å². The van der Waals surface area contributed by atoms with Gasteiger partial charge in [-0.1, -0.05) is 48.5 Å². The average molecular weight is 604 g/mol.